The molecule has 2 saturated carbocycles. The molecule has 0 bridgehead atoms. The Morgan fingerprint density at radius 1 is 1.24 bits per heavy atom. The van der Waals surface area contributed by atoms with Gasteiger partial charge in [0.05, 0.1) is 5.69 Å². The summed E-state index contributed by atoms with van der Waals surface area (Å²) in [7, 11) is -2.12. The number of rotatable bonds is 6. The highest BCUT2D eigenvalue weighted by Crippen LogP contribution is 2.70. The summed E-state index contributed by atoms with van der Waals surface area (Å²) < 4.78 is 24.1. The lowest BCUT2D eigenvalue weighted by molar-refractivity contribution is -0.117. The van der Waals surface area contributed by atoms with Crippen LogP contribution >= 0.6 is 0 Å². The van der Waals surface area contributed by atoms with Gasteiger partial charge < -0.3 is 16.0 Å². The van der Waals surface area contributed by atoms with E-state index in [0.29, 0.717) is 0 Å². The molecule has 11 heteroatoms. The molecule has 4 rings (SSSR count). The molecule has 1 atom stereocenters. The van der Waals surface area contributed by atoms with Crippen molar-refractivity contribution in [2.45, 2.75) is 24.2 Å². The van der Waals surface area contributed by atoms with Crippen LogP contribution in [-0.4, -0.2) is 48.7 Å². The molecule has 2 fully saturated rings. The van der Waals surface area contributed by atoms with Gasteiger partial charge in [0.15, 0.2) is 21.3 Å². The van der Waals surface area contributed by atoms with Gasteiger partial charge in [-0.25, -0.2) is 13.4 Å². The minimum absolute atomic E-state index is 0.00745. The topological polar surface area (TPSA) is 143 Å². The van der Waals surface area contributed by atoms with Gasteiger partial charge in [-0.2, -0.15) is 0 Å². The fraction of sp³-hybridized carbons (Fsp3) is 0.389. The van der Waals surface area contributed by atoms with E-state index in [1.807, 2.05) is 0 Å². The average molecular weight is 416 g/mol. The number of hydrogen-bond donors (Lipinski definition) is 3. The first-order valence-electron chi connectivity index (χ1n) is 9.06. The monoisotopic (exact) mass is 416 g/mol. The number of nitrogens with one attached hydrogen (secondary N) is 3. The molecule has 0 aliphatic heterocycles. The van der Waals surface area contributed by atoms with Gasteiger partial charge in [-0.3, -0.25) is 9.59 Å². The summed E-state index contributed by atoms with van der Waals surface area (Å²) in [6.45, 7) is 0. The van der Waals surface area contributed by atoms with Crippen molar-refractivity contribution in [1.29, 1.82) is 0 Å². The van der Waals surface area contributed by atoms with E-state index in [1.165, 1.54) is 31.4 Å². The van der Waals surface area contributed by atoms with Gasteiger partial charge in [-0.05, 0) is 36.8 Å². The number of hydrogen-bond acceptors (Lipinski definition) is 8. The summed E-state index contributed by atoms with van der Waals surface area (Å²) in [6.07, 6.45) is 5.53. The number of carbonyl (C=O) groups excluding carboxylic acids is 2. The number of amides is 2. The molecule has 0 aromatic carbocycles. The van der Waals surface area contributed by atoms with E-state index in [2.05, 4.69) is 31.1 Å². The van der Waals surface area contributed by atoms with Gasteiger partial charge in [0.1, 0.15) is 10.7 Å². The van der Waals surface area contributed by atoms with Gasteiger partial charge in [0.2, 0.25) is 5.91 Å². The molecule has 2 aromatic rings. The van der Waals surface area contributed by atoms with Crippen molar-refractivity contribution < 1.29 is 18.0 Å². The molecule has 2 aliphatic carbocycles. The quantitative estimate of drug-likeness (QED) is 0.636. The van der Waals surface area contributed by atoms with E-state index in [0.717, 1.165) is 25.5 Å². The van der Waals surface area contributed by atoms with Crippen LogP contribution in [0.5, 0.6) is 0 Å². The maximum absolute atomic E-state index is 12.4. The van der Waals surface area contributed by atoms with Gasteiger partial charge in [-0.1, -0.05) is 0 Å². The average Bonchev–Trinajstić information content (AvgIpc) is 3.60. The highest BCUT2D eigenvalue weighted by atomic mass is 32.2. The highest BCUT2D eigenvalue weighted by molar-refractivity contribution is 7.90. The summed E-state index contributed by atoms with van der Waals surface area (Å²) >= 11 is 0. The number of aromatic nitrogens is 3. The van der Waals surface area contributed by atoms with Crippen LogP contribution in [0.2, 0.25) is 0 Å². The summed E-state index contributed by atoms with van der Waals surface area (Å²) in [5, 5.41) is 15.9. The SMILES string of the molecule is CNC(=O)c1nnc(NC(=O)C2CC23CC3)cc1Nc1ncccc1S(C)(=O)=O. The molecule has 1 spiro atoms. The number of sulfone groups is 1. The molecular weight excluding hydrogens is 396 g/mol. The molecular formula is C18H20N6O4S. The van der Waals surface area contributed by atoms with E-state index >= 15 is 0 Å². The summed E-state index contributed by atoms with van der Waals surface area (Å²) in [6, 6.07) is 4.35. The molecule has 2 amide bonds. The van der Waals surface area contributed by atoms with Crippen LogP contribution < -0.4 is 16.0 Å². The molecule has 0 radical (unpaired) electrons. The number of nitrogens with zero attached hydrogens (tertiary/aromatic N) is 3. The first-order chi connectivity index (χ1) is 13.7. The first-order valence-corrected chi connectivity index (χ1v) is 11.0. The second-order valence-corrected chi connectivity index (χ2v) is 9.41. The van der Waals surface area contributed by atoms with Gasteiger partial charge in [0.25, 0.3) is 5.91 Å². The van der Waals surface area contributed by atoms with E-state index in [9.17, 15) is 18.0 Å². The molecule has 2 aliphatic rings. The molecule has 1 unspecified atom stereocenters. The maximum atomic E-state index is 12.4. The van der Waals surface area contributed by atoms with E-state index < -0.39 is 15.7 Å². The van der Waals surface area contributed by atoms with Crippen LogP contribution in [0.15, 0.2) is 29.3 Å². The van der Waals surface area contributed by atoms with Crippen LogP contribution in [-0.2, 0) is 14.6 Å². The summed E-state index contributed by atoms with van der Waals surface area (Å²) in [4.78, 5) is 28.6. The Bertz CT molecular complexity index is 1110. The number of carbonyl (C=O) groups is 2. The lowest BCUT2D eigenvalue weighted by Gasteiger charge is -2.13. The van der Waals surface area contributed by atoms with Crippen molar-refractivity contribution >= 4 is 39.0 Å². The smallest absolute Gasteiger partial charge is 0.273 e. The molecule has 2 aromatic heterocycles. The molecule has 10 nitrogen and oxygen atoms in total. The van der Waals surface area contributed by atoms with Crippen molar-refractivity contribution in [2.75, 3.05) is 23.9 Å². The van der Waals surface area contributed by atoms with Crippen molar-refractivity contribution in [3.63, 3.8) is 0 Å². The predicted octanol–water partition coefficient (Wildman–Crippen LogP) is 1.12. The fourth-order valence-corrected chi connectivity index (χ4v) is 4.17. The molecule has 3 N–H and O–H groups in total. The Labute approximate surface area is 167 Å². The highest BCUT2D eigenvalue weighted by Gasteiger charge is 2.65. The van der Waals surface area contributed by atoms with Crippen LogP contribution in [0.4, 0.5) is 17.3 Å². The summed E-state index contributed by atoms with van der Waals surface area (Å²) in [5.41, 5.74) is 0.315. The molecule has 29 heavy (non-hydrogen) atoms. The minimum Gasteiger partial charge on any atom is -0.354 e. The van der Waals surface area contributed by atoms with Crippen molar-refractivity contribution in [1.82, 2.24) is 20.5 Å². The second-order valence-electron chi connectivity index (χ2n) is 7.43. The largest absolute Gasteiger partial charge is 0.354 e. The van der Waals surface area contributed by atoms with Crippen LogP contribution in [0.1, 0.15) is 29.8 Å². The normalized spacial score (nSPS) is 18.8. The lowest BCUT2D eigenvalue weighted by Crippen LogP contribution is -2.23. The van der Waals surface area contributed by atoms with Crippen molar-refractivity contribution in [3.05, 3.63) is 30.1 Å². The van der Waals surface area contributed by atoms with E-state index in [4.69, 9.17) is 0 Å². The van der Waals surface area contributed by atoms with E-state index in [-0.39, 0.29) is 45.2 Å². The Morgan fingerprint density at radius 2 is 2.00 bits per heavy atom. The van der Waals surface area contributed by atoms with Gasteiger partial charge in [0, 0.05) is 31.5 Å². The zero-order valence-corrected chi connectivity index (χ0v) is 16.7. The Hall–Kier alpha value is -3.08. The predicted molar refractivity (Wildman–Crippen MR) is 104 cm³/mol. The van der Waals surface area contributed by atoms with Gasteiger partial charge >= 0.3 is 0 Å². The third-order valence-corrected chi connectivity index (χ3v) is 6.44. The Kier molecular flexibility index (Phi) is 4.49. The standard InChI is InChI=1S/C18H20N6O4S/c1-19-17(26)14-11(21-15-12(29(2,27)28)4-3-7-20-15)8-13(23-24-14)22-16(25)10-9-18(10)5-6-18/h3-4,7-8,10H,5-6,9H2,1-2H3,(H,19,26)(H2,20,21,22,23,25). The van der Waals surface area contributed by atoms with Crippen LogP contribution in [0.25, 0.3) is 0 Å². The maximum Gasteiger partial charge on any atom is 0.273 e. The lowest BCUT2D eigenvalue weighted by atomic mass is 10.2. The number of pyridine rings is 1. The van der Waals surface area contributed by atoms with Crippen LogP contribution in [0.3, 0.4) is 0 Å². The number of anilines is 3. The Morgan fingerprint density at radius 3 is 2.62 bits per heavy atom. The second kappa shape index (κ2) is 6.76. The molecule has 0 saturated heterocycles. The molecule has 2 heterocycles. The van der Waals surface area contributed by atoms with Crippen molar-refractivity contribution in [3.8, 4) is 0 Å². The zero-order valence-electron chi connectivity index (χ0n) is 15.9. The third kappa shape index (κ3) is 3.77. The fourth-order valence-electron chi connectivity index (χ4n) is 3.39. The molecule has 152 valence electrons. The van der Waals surface area contributed by atoms with Gasteiger partial charge in [-0.15, -0.1) is 10.2 Å². The Balaban J connectivity index is 1.65. The third-order valence-electron chi connectivity index (χ3n) is 5.31. The van der Waals surface area contributed by atoms with Crippen LogP contribution in [0, 0.1) is 11.3 Å². The zero-order chi connectivity index (χ0) is 20.8. The van der Waals surface area contributed by atoms with E-state index in [1.54, 1.807) is 0 Å². The van der Waals surface area contributed by atoms with Crippen molar-refractivity contribution in [2.24, 2.45) is 11.3 Å². The first kappa shape index (κ1) is 19.2. The minimum atomic E-state index is -3.56. The summed E-state index contributed by atoms with van der Waals surface area (Å²) in [5.74, 6) is -0.430.